The number of halogens is 2. The number of ether oxygens (including phenoxy) is 1. The first-order chi connectivity index (χ1) is 19.4. The van der Waals surface area contributed by atoms with Crippen molar-refractivity contribution in [1.29, 1.82) is 5.26 Å². The highest BCUT2D eigenvalue weighted by atomic mass is 19.1. The van der Waals surface area contributed by atoms with Crippen LogP contribution < -0.4 is 10.5 Å². The predicted octanol–water partition coefficient (Wildman–Crippen LogP) is 5.77. The van der Waals surface area contributed by atoms with Crippen molar-refractivity contribution in [1.82, 2.24) is 19.4 Å². The Bertz CT molecular complexity index is 1650. The van der Waals surface area contributed by atoms with E-state index in [9.17, 15) is 18.8 Å². The van der Waals surface area contributed by atoms with Crippen molar-refractivity contribution in [3.63, 3.8) is 0 Å². The summed E-state index contributed by atoms with van der Waals surface area (Å²) in [6, 6.07) is 12.1. The molecule has 40 heavy (non-hydrogen) atoms. The molecule has 0 radical (unpaired) electrons. The second kappa shape index (κ2) is 10.4. The molecule has 0 unspecified atom stereocenters. The van der Waals surface area contributed by atoms with Crippen molar-refractivity contribution >= 4 is 22.8 Å². The van der Waals surface area contributed by atoms with Gasteiger partial charge in [-0.1, -0.05) is 18.2 Å². The van der Waals surface area contributed by atoms with E-state index in [0.717, 1.165) is 55.0 Å². The van der Waals surface area contributed by atoms with Crippen LogP contribution in [0, 0.1) is 28.9 Å². The molecule has 1 aliphatic heterocycles. The van der Waals surface area contributed by atoms with Crippen molar-refractivity contribution in [3.8, 4) is 28.7 Å². The minimum Gasteiger partial charge on any atom is -0.457 e. The second-order valence-electron chi connectivity index (χ2n) is 10.2. The molecular weight excluding hydrogens is 514 g/mol. The first-order valence-corrected chi connectivity index (χ1v) is 13.2. The van der Waals surface area contributed by atoms with Gasteiger partial charge in [0.05, 0.1) is 11.4 Å². The van der Waals surface area contributed by atoms with Crippen molar-refractivity contribution < 1.29 is 18.3 Å². The summed E-state index contributed by atoms with van der Waals surface area (Å²) in [6.07, 6.45) is 8.88. The molecule has 3 heterocycles. The quantitative estimate of drug-likeness (QED) is 0.245. The maximum Gasteiger partial charge on any atom is 0.264 e. The summed E-state index contributed by atoms with van der Waals surface area (Å²) in [5.41, 5.74) is 8.83. The summed E-state index contributed by atoms with van der Waals surface area (Å²) >= 11 is 0. The molecule has 2 aromatic heterocycles. The van der Waals surface area contributed by atoms with Gasteiger partial charge in [0.2, 0.25) is 0 Å². The van der Waals surface area contributed by atoms with Gasteiger partial charge in [-0.25, -0.2) is 18.7 Å². The Morgan fingerprint density at radius 3 is 2.52 bits per heavy atom. The fraction of sp³-hybridized carbons (Fsp3) is 0.267. The highest BCUT2D eigenvalue weighted by molar-refractivity contribution is 6.01. The van der Waals surface area contributed by atoms with Crippen LogP contribution in [0.15, 0.2) is 66.6 Å². The molecule has 10 heteroatoms. The molecule has 0 bridgehead atoms. The van der Waals surface area contributed by atoms with Crippen LogP contribution in [0.5, 0.6) is 11.5 Å². The number of allylic oxidation sites excluding steroid dienone is 1. The number of nitrogen functional groups attached to an aromatic ring is 1. The van der Waals surface area contributed by atoms with Crippen LogP contribution in [0.2, 0.25) is 0 Å². The lowest BCUT2D eigenvalue weighted by Gasteiger charge is -2.33. The molecule has 1 amide bonds. The van der Waals surface area contributed by atoms with Gasteiger partial charge >= 0.3 is 0 Å². The van der Waals surface area contributed by atoms with Crippen molar-refractivity contribution in [2.45, 2.75) is 31.7 Å². The summed E-state index contributed by atoms with van der Waals surface area (Å²) in [5.74, 6) is -0.531. The number of anilines is 1. The van der Waals surface area contributed by atoms with Crippen LogP contribution in [-0.4, -0.2) is 38.4 Å². The number of hydrogen-bond donors (Lipinski definition) is 1. The van der Waals surface area contributed by atoms with Crippen LogP contribution in [0.25, 0.3) is 22.2 Å². The lowest BCUT2D eigenvalue weighted by molar-refractivity contribution is -0.128. The third kappa shape index (κ3) is 5.10. The lowest BCUT2D eigenvalue weighted by Crippen LogP contribution is -2.41. The smallest absolute Gasteiger partial charge is 0.264 e. The van der Waals surface area contributed by atoms with Crippen LogP contribution in [-0.2, 0) is 4.79 Å². The first kappa shape index (κ1) is 25.5. The number of amides is 1. The molecule has 1 saturated heterocycles. The molecular formula is C30H26F2N6O2. The molecule has 6 rings (SSSR count). The topological polar surface area (TPSA) is 110 Å². The highest BCUT2D eigenvalue weighted by Crippen LogP contribution is 2.37. The van der Waals surface area contributed by atoms with E-state index in [1.807, 2.05) is 22.9 Å². The largest absolute Gasteiger partial charge is 0.457 e. The third-order valence-electron chi connectivity index (χ3n) is 7.33. The van der Waals surface area contributed by atoms with E-state index in [2.05, 4.69) is 16.0 Å². The zero-order valence-electron chi connectivity index (χ0n) is 21.6. The van der Waals surface area contributed by atoms with E-state index in [1.165, 1.54) is 6.33 Å². The number of rotatable bonds is 6. The molecule has 8 nitrogen and oxygen atoms in total. The summed E-state index contributed by atoms with van der Waals surface area (Å²) in [6.45, 7) is 1.05. The average molecular weight is 541 g/mol. The number of nitrogens with zero attached hydrogens (tertiary/aromatic N) is 5. The Morgan fingerprint density at radius 2 is 1.82 bits per heavy atom. The lowest BCUT2D eigenvalue weighted by atomic mass is 10.0. The third-order valence-corrected chi connectivity index (χ3v) is 7.33. The Hall–Kier alpha value is -4.78. The van der Waals surface area contributed by atoms with Crippen molar-refractivity contribution in [3.05, 3.63) is 78.3 Å². The summed E-state index contributed by atoms with van der Waals surface area (Å²) < 4.78 is 34.8. The van der Waals surface area contributed by atoms with Gasteiger partial charge in [-0.15, -0.1) is 0 Å². The molecule has 2 aromatic carbocycles. The Balaban J connectivity index is 1.29. The number of nitriles is 1. The monoisotopic (exact) mass is 540 g/mol. The Kier molecular flexibility index (Phi) is 6.64. The van der Waals surface area contributed by atoms with Crippen LogP contribution in [0.3, 0.4) is 0 Å². The fourth-order valence-electron chi connectivity index (χ4n) is 5.22. The molecule has 4 aromatic rings. The molecule has 1 atom stereocenters. The molecule has 1 saturated carbocycles. The van der Waals surface area contributed by atoms with Gasteiger partial charge in [-0.3, -0.25) is 4.79 Å². The normalized spacial score (nSPS) is 17.6. The fourth-order valence-corrected chi connectivity index (χ4v) is 5.22. The minimum absolute atomic E-state index is 0.0578. The van der Waals surface area contributed by atoms with E-state index in [0.29, 0.717) is 41.6 Å². The Morgan fingerprint density at radius 1 is 1.07 bits per heavy atom. The van der Waals surface area contributed by atoms with Crippen LogP contribution >= 0.6 is 0 Å². The van der Waals surface area contributed by atoms with Gasteiger partial charge in [-0.2, -0.15) is 5.26 Å². The predicted molar refractivity (Wildman–Crippen MR) is 145 cm³/mol. The van der Waals surface area contributed by atoms with Crippen molar-refractivity contribution in [2.75, 3.05) is 18.8 Å². The van der Waals surface area contributed by atoms with Gasteiger partial charge < -0.3 is 19.9 Å². The first-order valence-electron chi connectivity index (χ1n) is 13.2. The molecule has 1 aliphatic carbocycles. The molecule has 2 aliphatic rings. The maximum absolute atomic E-state index is 13.6. The van der Waals surface area contributed by atoms with Gasteiger partial charge in [0.25, 0.3) is 5.91 Å². The molecule has 202 valence electrons. The number of piperidine rings is 1. The maximum atomic E-state index is 13.6. The van der Waals surface area contributed by atoms with E-state index in [4.69, 9.17) is 10.5 Å². The van der Waals surface area contributed by atoms with Crippen LogP contribution in [0.1, 0.15) is 31.7 Å². The minimum atomic E-state index is -0.722. The number of fused-ring (bicyclic) bond motifs is 1. The van der Waals surface area contributed by atoms with Gasteiger partial charge in [0, 0.05) is 43.0 Å². The summed E-state index contributed by atoms with van der Waals surface area (Å²) in [7, 11) is 0. The number of nitrogens with two attached hydrogens (primary N) is 1. The number of benzene rings is 2. The Labute approximate surface area is 229 Å². The molecule has 0 spiro atoms. The van der Waals surface area contributed by atoms with E-state index < -0.39 is 11.6 Å². The standard InChI is InChI=1S/C30H26F2N6O2/c31-21-11-22(32)13-25(12-21)40-24-7-5-19(6-8-24)26-16-38(29-27(26)28(34)35-17-36-29)23-2-1-9-37(15-23)30(39)20(14-33)10-18-3-4-18/h5-8,10-13,16-18,23H,1-4,9,15H2,(H2,34,35,36)/t23-/m1/s1. The number of aromatic nitrogens is 3. The highest BCUT2D eigenvalue weighted by Gasteiger charge is 2.30. The van der Waals surface area contributed by atoms with Crippen LogP contribution in [0.4, 0.5) is 14.6 Å². The summed E-state index contributed by atoms with van der Waals surface area (Å²) in [5, 5.41) is 10.3. The van der Waals surface area contributed by atoms with E-state index in [1.54, 1.807) is 23.1 Å². The number of carbonyl (C=O) groups excluding carboxylic acids is 1. The van der Waals surface area contributed by atoms with E-state index >= 15 is 0 Å². The number of carbonyl (C=O) groups is 1. The second-order valence-corrected chi connectivity index (χ2v) is 10.2. The SMILES string of the molecule is N#CC(=CC1CC1)C(=O)N1CCC[C@@H](n2cc(-c3ccc(Oc4cc(F)cc(F)c4)cc3)c3c(N)ncnc32)C1. The molecule has 2 N–H and O–H groups in total. The number of hydrogen-bond acceptors (Lipinski definition) is 6. The zero-order chi connectivity index (χ0) is 27.8. The van der Waals surface area contributed by atoms with Crippen molar-refractivity contribution in [2.24, 2.45) is 5.92 Å². The average Bonchev–Trinajstić information content (AvgIpc) is 3.68. The summed E-state index contributed by atoms with van der Waals surface area (Å²) in [4.78, 5) is 23.6. The van der Waals surface area contributed by atoms with Gasteiger partial charge in [0.1, 0.15) is 52.6 Å². The molecule has 2 fully saturated rings. The van der Waals surface area contributed by atoms with E-state index in [-0.39, 0.29) is 23.3 Å². The zero-order valence-corrected chi connectivity index (χ0v) is 21.6. The van der Waals surface area contributed by atoms with Gasteiger partial charge in [0.15, 0.2) is 0 Å². The van der Waals surface area contributed by atoms with Gasteiger partial charge in [-0.05, 0) is 49.3 Å². The number of likely N-dealkylation sites (tertiary alicyclic amines) is 1.